The van der Waals surface area contributed by atoms with Gasteiger partial charge in [-0.05, 0) is 41.7 Å². The van der Waals surface area contributed by atoms with Crippen molar-refractivity contribution < 1.29 is 28.6 Å². The average molecular weight is 372 g/mol. The Hall–Kier alpha value is -1.83. The van der Waals surface area contributed by atoms with Crippen LogP contribution in [0.2, 0.25) is 0 Å². The van der Waals surface area contributed by atoms with Crippen molar-refractivity contribution in [3.05, 3.63) is 0 Å². The lowest BCUT2D eigenvalue weighted by molar-refractivity contribution is -0.147. The maximum atomic E-state index is 12.5. The number of amides is 1. The minimum absolute atomic E-state index is 0.142. The zero-order valence-electron chi connectivity index (χ0n) is 16.7. The van der Waals surface area contributed by atoms with E-state index in [1.807, 2.05) is 11.9 Å². The number of carbonyl (C=O) groups is 3. The molecule has 1 saturated heterocycles. The van der Waals surface area contributed by atoms with Crippen molar-refractivity contribution in [3.63, 3.8) is 0 Å². The highest BCUT2D eigenvalue weighted by Gasteiger charge is 2.38. The van der Waals surface area contributed by atoms with Gasteiger partial charge < -0.3 is 19.1 Å². The number of piperazine rings is 1. The Morgan fingerprint density at radius 1 is 0.923 bits per heavy atom. The quantitative estimate of drug-likeness (QED) is 0.519. The smallest absolute Gasteiger partial charge is 0.410 e. The van der Waals surface area contributed by atoms with Crippen molar-refractivity contribution in [1.29, 1.82) is 0 Å². The first-order valence-corrected chi connectivity index (χ1v) is 9.08. The van der Waals surface area contributed by atoms with Crippen LogP contribution in [0.1, 0.15) is 47.5 Å². The molecule has 1 heterocycles. The van der Waals surface area contributed by atoms with Crippen molar-refractivity contribution in [2.45, 2.75) is 65.1 Å². The molecule has 0 N–H and O–H groups in total. The largest absolute Gasteiger partial charge is 0.466 e. The summed E-state index contributed by atoms with van der Waals surface area (Å²) >= 11 is 0. The van der Waals surface area contributed by atoms with Gasteiger partial charge in [0.1, 0.15) is 5.60 Å². The first-order chi connectivity index (χ1) is 12.1. The van der Waals surface area contributed by atoms with Gasteiger partial charge in [-0.1, -0.05) is 0 Å². The van der Waals surface area contributed by atoms with Crippen LogP contribution >= 0.6 is 0 Å². The summed E-state index contributed by atoms with van der Waals surface area (Å²) in [7, 11) is 1.85. The maximum Gasteiger partial charge on any atom is 0.410 e. The normalized spacial score (nSPS) is 21.2. The molecule has 0 bridgehead atoms. The van der Waals surface area contributed by atoms with E-state index in [0.717, 1.165) is 0 Å². The molecule has 1 amide bonds. The second kappa shape index (κ2) is 9.75. The molecule has 0 spiro atoms. The number of nitrogens with zero attached hydrogens (tertiary/aromatic N) is 2. The van der Waals surface area contributed by atoms with Gasteiger partial charge >= 0.3 is 18.0 Å². The molecule has 0 radical (unpaired) electrons. The van der Waals surface area contributed by atoms with Gasteiger partial charge in [0, 0.05) is 25.2 Å². The molecule has 1 aliphatic heterocycles. The fourth-order valence-corrected chi connectivity index (χ4v) is 2.86. The Bertz CT molecular complexity index is 472. The van der Waals surface area contributed by atoms with Gasteiger partial charge in [-0.2, -0.15) is 0 Å². The predicted molar refractivity (Wildman–Crippen MR) is 95.6 cm³/mol. The van der Waals surface area contributed by atoms with Gasteiger partial charge in [-0.3, -0.25) is 14.5 Å². The number of likely N-dealkylation sites (N-methyl/N-ethyl adjacent to an activating group) is 1. The predicted octanol–water partition coefficient (Wildman–Crippen LogP) is 1.81. The lowest BCUT2D eigenvalue weighted by Gasteiger charge is -2.44. The zero-order valence-corrected chi connectivity index (χ0v) is 16.7. The number of rotatable bonds is 6. The molecule has 0 aromatic rings. The highest BCUT2D eigenvalue weighted by Crippen LogP contribution is 2.22. The molecular formula is C18H32N2O6. The first-order valence-electron chi connectivity index (χ1n) is 9.08. The Morgan fingerprint density at radius 2 is 1.35 bits per heavy atom. The van der Waals surface area contributed by atoms with Crippen molar-refractivity contribution >= 4 is 18.0 Å². The van der Waals surface area contributed by atoms with Crippen LogP contribution in [0.5, 0.6) is 0 Å². The van der Waals surface area contributed by atoms with E-state index < -0.39 is 11.7 Å². The van der Waals surface area contributed by atoms with Crippen LogP contribution in [0.25, 0.3) is 0 Å². The Labute approximate surface area is 155 Å². The molecule has 26 heavy (non-hydrogen) atoms. The number of hydrogen-bond acceptors (Lipinski definition) is 7. The molecule has 0 aromatic heterocycles. The molecular weight excluding hydrogens is 340 g/mol. The fourth-order valence-electron chi connectivity index (χ4n) is 2.86. The van der Waals surface area contributed by atoms with Gasteiger partial charge in [0.05, 0.1) is 26.1 Å². The molecule has 150 valence electrons. The third-order valence-electron chi connectivity index (χ3n) is 4.08. The SMILES string of the molecule is CCOC(=O)C[C@@H]1CN(C(=O)OC(C)(C)C)C[C@H](CC(=O)OCC)N1C. The molecule has 2 atom stereocenters. The van der Waals surface area contributed by atoms with Crippen LogP contribution in [0.15, 0.2) is 0 Å². The van der Waals surface area contributed by atoms with E-state index >= 15 is 0 Å². The number of esters is 2. The van der Waals surface area contributed by atoms with Crippen LogP contribution in [0.3, 0.4) is 0 Å². The highest BCUT2D eigenvalue weighted by atomic mass is 16.6. The molecule has 8 nitrogen and oxygen atoms in total. The van der Waals surface area contributed by atoms with Gasteiger partial charge in [0.15, 0.2) is 0 Å². The van der Waals surface area contributed by atoms with Crippen molar-refractivity contribution in [1.82, 2.24) is 9.80 Å². The van der Waals surface area contributed by atoms with E-state index in [9.17, 15) is 14.4 Å². The first kappa shape index (κ1) is 22.2. The van der Waals surface area contributed by atoms with E-state index in [0.29, 0.717) is 26.3 Å². The minimum atomic E-state index is -0.617. The Kier molecular flexibility index (Phi) is 8.33. The Morgan fingerprint density at radius 3 is 1.69 bits per heavy atom. The van der Waals surface area contributed by atoms with Crippen LogP contribution in [-0.4, -0.2) is 78.9 Å². The van der Waals surface area contributed by atoms with E-state index in [1.165, 1.54) is 0 Å². The molecule has 0 unspecified atom stereocenters. The monoisotopic (exact) mass is 372 g/mol. The standard InChI is InChI=1S/C18H32N2O6/c1-7-24-15(21)9-13-11-20(17(23)26-18(3,4)5)12-14(19(13)6)10-16(22)25-8-2/h13-14H,7-12H2,1-6H3/t13-,14+. The lowest BCUT2D eigenvalue weighted by Crippen LogP contribution is -2.60. The average Bonchev–Trinajstić information content (AvgIpc) is 2.49. The Balaban J connectivity index is 2.89. The van der Waals surface area contributed by atoms with Crippen LogP contribution in [0, 0.1) is 0 Å². The fraction of sp³-hybridized carbons (Fsp3) is 0.833. The molecule has 0 aliphatic carbocycles. The van der Waals surface area contributed by atoms with Gasteiger partial charge in [-0.15, -0.1) is 0 Å². The van der Waals surface area contributed by atoms with E-state index in [-0.39, 0.29) is 36.9 Å². The minimum Gasteiger partial charge on any atom is -0.466 e. The van der Waals surface area contributed by atoms with Crippen molar-refractivity contribution in [3.8, 4) is 0 Å². The van der Waals surface area contributed by atoms with Crippen LogP contribution in [-0.2, 0) is 23.8 Å². The van der Waals surface area contributed by atoms with E-state index in [4.69, 9.17) is 14.2 Å². The molecule has 0 saturated carbocycles. The summed E-state index contributed by atoms with van der Waals surface area (Å²) in [4.78, 5) is 39.8. The maximum absolute atomic E-state index is 12.5. The zero-order chi connectivity index (χ0) is 19.9. The summed E-state index contributed by atoms with van der Waals surface area (Å²) in [6, 6.07) is -0.510. The topological polar surface area (TPSA) is 85.4 Å². The third-order valence-corrected chi connectivity index (χ3v) is 4.08. The second-order valence-corrected chi connectivity index (χ2v) is 7.38. The van der Waals surface area contributed by atoms with Crippen LogP contribution < -0.4 is 0 Å². The summed E-state index contributed by atoms with van der Waals surface area (Å²) in [6.07, 6.45) is -0.167. The summed E-state index contributed by atoms with van der Waals surface area (Å²) in [5, 5.41) is 0. The molecule has 1 aliphatic rings. The van der Waals surface area contributed by atoms with Gasteiger partial charge in [0.25, 0.3) is 0 Å². The highest BCUT2D eigenvalue weighted by molar-refractivity contribution is 5.72. The molecule has 8 heteroatoms. The second-order valence-electron chi connectivity index (χ2n) is 7.38. The molecule has 0 aromatic carbocycles. The van der Waals surface area contributed by atoms with E-state index in [1.54, 1.807) is 39.5 Å². The summed E-state index contributed by atoms with van der Waals surface area (Å²) in [5.41, 5.74) is -0.617. The molecule has 1 fully saturated rings. The van der Waals surface area contributed by atoms with Crippen molar-refractivity contribution in [2.75, 3.05) is 33.4 Å². The van der Waals surface area contributed by atoms with Gasteiger partial charge in [0.2, 0.25) is 0 Å². The van der Waals surface area contributed by atoms with Gasteiger partial charge in [-0.25, -0.2) is 4.79 Å². The van der Waals surface area contributed by atoms with E-state index in [2.05, 4.69) is 0 Å². The lowest BCUT2D eigenvalue weighted by atomic mass is 10.0. The number of ether oxygens (including phenoxy) is 3. The number of carbonyl (C=O) groups excluding carboxylic acids is 3. The number of hydrogen-bond donors (Lipinski definition) is 0. The summed E-state index contributed by atoms with van der Waals surface area (Å²) in [5.74, 6) is -0.657. The summed E-state index contributed by atoms with van der Waals surface area (Å²) in [6.45, 7) is 10.2. The molecule has 1 rings (SSSR count). The summed E-state index contributed by atoms with van der Waals surface area (Å²) < 4.78 is 15.5. The van der Waals surface area contributed by atoms with Crippen molar-refractivity contribution in [2.24, 2.45) is 0 Å². The third kappa shape index (κ3) is 7.19. The van der Waals surface area contributed by atoms with Crippen LogP contribution in [0.4, 0.5) is 4.79 Å².